The van der Waals surface area contributed by atoms with Crippen molar-refractivity contribution in [3.05, 3.63) is 12.2 Å². The maximum Gasteiger partial charge on any atom is 0.142 e. The van der Waals surface area contributed by atoms with Crippen molar-refractivity contribution in [1.82, 2.24) is 0 Å². The number of hydrogen-bond donors (Lipinski definition) is 1. The van der Waals surface area contributed by atoms with Gasteiger partial charge in [0.15, 0.2) is 0 Å². The average molecular weight is 638 g/mol. The van der Waals surface area contributed by atoms with Gasteiger partial charge in [0, 0.05) is 12.3 Å². The van der Waals surface area contributed by atoms with Crippen molar-refractivity contribution >= 4 is 19.5 Å². The molecule has 44 heavy (non-hydrogen) atoms. The second-order valence-electron chi connectivity index (χ2n) is 14.5. The monoisotopic (exact) mass is 638 g/mol. The molecule has 0 heterocycles. The molecule has 0 fully saturated rings. The molecule has 0 aromatic rings. The van der Waals surface area contributed by atoms with Gasteiger partial charge < -0.3 is 14.7 Å². The van der Waals surface area contributed by atoms with E-state index in [0.29, 0.717) is 32.1 Å². The topological polar surface area (TPSA) is 60.4 Å². The molecule has 0 aliphatic rings. The van der Waals surface area contributed by atoms with Crippen molar-refractivity contribution in [1.29, 1.82) is 0 Å². The number of ketones is 1. The van der Waals surface area contributed by atoms with E-state index in [9.17, 15) is 15.0 Å². The van der Waals surface area contributed by atoms with Crippen LogP contribution in [0.3, 0.4) is 0 Å². The Morgan fingerprint density at radius 2 is 1.02 bits per heavy atom. The van der Waals surface area contributed by atoms with Gasteiger partial charge in [0.05, 0.1) is 21.1 Å². The zero-order valence-electron chi connectivity index (χ0n) is 30.3. The van der Waals surface area contributed by atoms with Crippen LogP contribution in [0, 0.1) is 5.92 Å². The van der Waals surface area contributed by atoms with Crippen LogP contribution in [-0.2, 0) is 4.79 Å². The van der Waals surface area contributed by atoms with Crippen molar-refractivity contribution in [2.75, 3.05) is 27.7 Å². The van der Waals surface area contributed by atoms with Crippen LogP contribution in [0.4, 0.5) is 0 Å². The van der Waals surface area contributed by atoms with Crippen molar-refractivity contribution in [2.24, 2.45) is 5.92 Å². The summed E-state index contributed by atoms with van der Waals surface area (Å²) in [5.41, 5.74) is -0.0632. The molecule has 0 aromatic carbocycles. The molecule has 2 atom stereocenters. The van der Waals surface area contributed by atoms with E-state index in [4.69, 9.17) is 0 Å². The van der Waals surface area contributed by atoms with E-state index in [1.807, 2.05) is 21.1 Å². The van der Waals surface area contributed by atoms with Gasteiger partial charge in [-0.15, -0.1) is 5.48 Å². The summed E-state index contributed by atoms with van der Waals surface area (Å²) in [5.74, 6) is -1.13. The molecule has 5 heteroatoms. The SMILES string of the molecule is CCCCCCCC/C=C\CCCCCCCC(=O)C(CCCCCCCCCCCCCC)C([O-])=PC(O)C[N+](C)(C)C. The first kappa shape index (κ1) is 43.5. The molecule has 0 spiro atoms. The molecule has 0 bridgehead atoms. The third-order valence-corrected chi connectivity index (χ3v) is 9.73. The minimum absolute atomic E-state index is 0.0632. The lowest BCUT2D eigenvalue weighted by molar-refractivity contribution is -0.871. The number of unbranched alkanes of at least 4 members (excludes halogenated alkanes) is 22. The maximum atomic E-state index is 13.2. The van der Waals surface area contributed by atoms with Crippen LogP contribution in [0.25, 0.3) is 0 Å². The molecule has 0 aliphatic heterocycles. The Bertz CT molecular complexity index is 700. The summed E-state index contributed by atoms with van der Waals surface area (Å²) in [6.45, 7) is 5.05. The predicted molar refractivity (Wildman–Crippen MR) is 194 cm³/mol. The molecule has 0 saturated heterocycles. The van der Waals surface area contributed by atoms with E-state index < -0.39 is 11.8 Å². The average Bonchev–Trinajstić information content (AvgIpc) is 2.96. The Kier molecular flexibility index (Phi) is 30.7. The number of hydrogen-bond acceptors (Lipinski definition) is 3. The standard InChI is InChI=1S/C39H76NO3P/c1-6-8-10-12-14-16-18-20-21-22-24-26-28-30-32-34-37(41)36(39(43)44-38(42)35-40(3,4)5)33-31-29-27-25-23-19-17-15-13-11-9-7-2/h20-21,36,38,42H,6-19,22-35H2,1-5H3/b21-20-. The van der Waals surface area contributed by atoms with Gasteiger partial charge >= 0.3 is 0 Å². The summed E-state index contributed by atoms with van der Waals surface area (Å²) in [6, 6.07) is 0. The summed E-state index contributed by atoms with van der Waals surface area (Å²) in [7, 11) is 6.46. The molecular weight excluding hydrogens is 561 g/mol. The molecule has 4 nitrogen and oxygen atoms in total. The lowest BCUT2D eigenvalue weighted by Gasteiger charge is -2.28. The highest BCUT2D eigenvalue weighted by molar-refractivity contribution is 7.40. The number of quaternary nitrogens is 1. The van der Waals surface area contributed by atoms with Crippen molar-refractivity contribution in [3.63, 3.8) is 0 Å². The Morgan fingerprint density at radius 3 is 1.45 bits per heavy atom. The molecule has 0 rings (SSSR count). The highest BCUT2D eigenvalue weighted by atomic mass is 31.1. The van der Waals surface area contributed by atoms with Crippen LogP contribution >= 0.6 is 8.20 Å². The first-order valence-corrected chi connectivity index (χ1v) is 20.1. The van der Waals surface area contributed by atoms with Gasteiger partial charge in [0.2, 0.25) is 0 Å². The van der Waals surface area contributed by atoms with Gasteiger partial charge in [-0.1, -0.05) is 163 Å². The van der Waals surface area contributed by atoms with Crippen LogP contribution in [-0.4, -0.2) is 54.4 Å². The van der Waals surface area contributed by atoms with Crippen molar-refractivity contribution < 1.29 is 19.5 Å². The fraction of sp³-hybridized carbons (Fsp3) is 0.897. The minimum Gasteiger partial charge on any atom is -0.827 e. The van der Waals surface area contributed by atoms with E-state index in [1.54, 1.807) is 0 Å². The number of Topliss-reactive ketones (excluding diaryl/α,β-unsaturated/α-hetero) is 1. The van der Waals surface area contributed by atoms with Crippen LogP contribution in [0.5, 0.6) is 0 Å². The number of aliphatic hydroxyl groups excluding tert-OH is 1. The Morgan fingerprint density at radius 1 is 0.636 bits per heavy atom. The van der Waals surface area contributed by atoms with Crippen molar-refractivity contribution in [2.45, 2.75) is 193 Å². The minimum atomic E-state index is -0.709. The number of carbonyl (C=O) groups is 1. The van der Waals surface area contributed by atoms with E-state index in [0.717, 1.165) is 32.1 Å². The molecule has 0 amide bonds. The lowest BCUT2D eigenvalue weighted by atomic mass is 9.93. The van der Waals surface area contributed by atoms with Gasteiger partial charge in [-0.05, 0) is 38.5 Å². The fourth-order valence-corrected chi connectivity index (χ4v) is 7.24. The molecule has 0 radical (unpaired) electrons. The summed E-state index contributed by atoms with van der Waals surface area (Å²) < 4.78 is 0.605. The third-order valence-electron chi connectivity index (χ3n) is 8.71. The number of rotatable bonds is 33. The second kappa shape index (κ2) is 31.1. The quantitative estimate of drug-likeness (QED) is 0.0337. The van der Waals surface area contributed by atoms with E-state index in [-0.39, 0.29) is 11.3 Å². The van der Waals surface area contributed by atoms with Gasteiger partial charge in [-0.3, -0.25) is 4.79 Å². The van der Waals surface area contributed by atoms with E-state index in [1.165, 1.54) is 128 Å². The van der Waals surface area contributed by atoms with Gasteiger partial charge in [0.1, 0.15) is 18.2 Å². The molecule has 2 unspecified atom stereocenters. The first-order chi connectivity index (χ1) is 21.2. The zero-order valence-corrected chi connectivity index (χ0v) is 31.2. The lowest BCUT2D eigenvalue weighted by Crippen LogP contribution is -2.40. The normalized spacial score (nSPS) is 14.0. The zero-order chi connectivity index (χ0) is 32.7. The summed E-state index contributed by atoms with van der Waals surface area (Å²) >= 11 is 0. The molecule has 0 aliphatic carbocycles. The summed E-state index contributed by atoms with van der Waals surface area (Å²) in [6.07, 6.45) is 37.3. The molecule has 260 valence electrons. The largest absolute Gasteiger partial charge is 0.827 e. The van der Waals surface area contributed by atoms with E-state index in [2.05, 4.69) is 26.0 Å². The van der Waals surface area contributed by atoms with E-state index >= 15 is 0 Å². The fourth-order valence-electron chi connectivity index (χ4n) is 5.92. The molecule has 0 saturated carbocycles. The third kappa shape index (κ3) is 30.1. The van der Waals surface area contributed by atoms with Gasteiger partial charge in [-0.2, -0.15) is 0 Å². The number of carbonyl (C=O) groups excluding carboxylic acids is 1. The molecule has 0 aromatic heterocycles. The summed E-state index contributed by atoms with van der Waals surface area (Å²) in [4.78, 5) is 13.2. The number of nitrogens with zero attached hydrogens (tertiary/aromatic N) is 1. The van der Waals surface area contributed by atoms with Gasteiger partial charge in [-0.25, -0.2) is 0 Å². The number of allylic oxidation sites excluding steroid dienone is 2. The predicted octanol–water partition coefficient (Wildman–Crippen LogP) is 10.8. The molecule has 1 N–H and O–H groups in total. The Hall–Kier alpha value is -0.540. The van der Waals surface area contributed by atoms with Crippen LogP contribution in [0.2, 0.25) is 0 Å². The number of aliphatic hydroxyl groups is 1. The van der Waals surface area contributed by atoms with Crippen LogP contribution in [0.1, 0.15) is 187 Å². The second-order valence-corrected chi connectivity index (χ2v) is 15.7. The first-order valence-electron chi connectivity index (χ1n) is 19.1. The number of likely N-dealkylation sites (N-methyl/N-ethyl adjacent to an activating group) is 1. The smallest absolute Gasteiger partial charge is 0.142 e. The Labute approximate surface area is 277 Å². The van der Waals surface area contributed by atoms with Crippen LogP contribution in [0.15, 0.2) is 12.2 Å². The van der Waals surface area contributed by atoms with Crippen LogP contribution < -0.4 is 5.11 Å². The summed E-state index contributed by atoms with van der Waals surface area (Å²) in [5, 5.41) is 23.7. The maximum absolute atomic E-state index is 13.2. The van der Waals surface area contributed by atoms with Gasteiger partial charge in [0.25, 0.3) is 0 Å². The highest BCUT2D eigenvalue weighted by Gasteiger charge is 2.19. The molecular formula is C39H76NO3P. The highest BCUT2D eigenvalue weighted by Crippen LogP contribution is 2.22. The van der Waals surface area contributed by atoms with Crippen molar-refractivity contribution in [3.8, 4) is 0 Å². The Balaban J connectivity index is 4.33.